The normalized spacial score (nSPS) is 26.2. The molecule has 0 N–H and O–H groups in total. The summed E-state index contributed by atoms with van der Waals surface area (Å²) in [4.78, 5) is 2.23. The van der Waals surface area contributed by atoms with E-state index in [9.17, 15) is 0 Å². The van der Waals surface area contributed by atoms with Crippen LogP contribution in [-0.2, 0) is 11.2 Å². The molecule has 0 aliphatic heterocycles. The van der Waals surface area contributed by atoms with Crippen molar-refractivity contribution in [3.63, 3.8) is 0 Å². The molecule has 0 heterocycles. The molecule has 2 rings (SSSR count). The van der Waals surface area contributed by atoms with Gasteiger partial charge in [0.25, 0.3) is 0 Å². The predicted molar refractivity (Wildman–Crippen MR) is 89.6 cm³/mol. The zero-order valence-electron chi connectivity index (χ0n) is 14.0. The highest BCUT2D eigenvalue weighted by Gasteiger charge is 2.35. The van der Waals surface area contributed by atoms with Crippen LogP contribution < -0.4 is 0 Å². The monoisotopic (exact) mass is 289 g/mol. The molecule has 0 bridgehead atoms. The van der Waals surface area contributed by atoms with Crippen molar-refractivity contribution < 1.29 is 4.74 Å². The first kappa shape index (κ1) is 16.5. The van der Waals surface area contributed by atoms with Crippen LogP contribution in [0, 0.1) is 5.92 Å². The van der Waals surface area contributed by atoms with Crippen LogP contribution in [0.1, 0.15) is 44.6 Å². The van der Waals surface area contributed by atoms with Gasteiger partial charge in [-0.3, -0.25) is 0 Å². The Morgan fingerprint density at radius 1 is 1.14 bits per heavy atom. The first-order valence-electron chi connectivity index (χ1n) is 8.42. The molecule has 1 saturated carbocycles. The van der Waals surface area contributed by atoms with Crippen LogP contribution in [0.2, 0.25) is 0 Å². The maximum absolute atomic E-state index is 6.45. The lowest BCUT2D eigenvalue weighted by molar-refractivity contribution is -0.0781. The molecule has 118 valence electrons. The Kier molecular flexibility index (Phi) is 6.25. The van der Waals surface area contributed by atoms with Gasteiger partial charge in [0.2, 0.25) is 0 Å². The van der Waals surface area contributed by atoms with Gasteiger partial charge in [-0.25, -0.2) is 0 Å². The largest absolute Gasteiger partial charge is 0.375 e. The third kappa shape index (κ3) is 5.44. The SMILES string of the molecule is CC1CCC(Cc2ccccc2)(OCCCN(C)C)CC1. The van der Waals surface area contributed by atoms with Crippen molar-refractivity contribution in [1.29, 1.82) is 0 Å². The lowest BCUT2D eigenvalue weighted by Gasteiger charge is -2.40. The Morgan fingerprint density at radius 3 is 2.43 bits per heavy atom. The molecule has 0 amide bonds. The molecule has 21 heavy (non-hydrogen) atoms. The maximum atomic E-state index is 6.45. The van der Waals surface area contributed by atoms with E-state index in [1.54, 1.807) is 0 Å². The van der Waals surface area contributed by atoms with E-state index in [1.165, 1.54) is 31.2 Å². The molecule has 1 aliphatic rings. The fourth-order valence-electron chi connectivity index (χ4n) is 3.30. The van der Waals surface area contributed by atoms with E-state index in [1.807, 2.05) is 0 Å². The number of benzene rings is 1. The van der Waals surface area contributed by atoms with Gasteiger partial charge in [-0.2, -0.15) is 0 Å². The van der Waals surface area contributed by atoms with Crippen molar-refractivity contribution in [3.05, 3.63) is 35.9 Å². The summed E-state index contributed by atoms with van der Waals surface area (Å²) in [6, 6.07) is 10.9. The van der Waals surface area contributed by atoms with Crippen molar-refractivity contribution in [1.82, 2.24) is 4.90 Å². The van der Waals surface area contributed by atoms with Crippen molar-refractivity contribution in [3.8, 4) is 0 Å². The molecule has 0 radical (unpaired) electrons. The van der Waals surface area contributed by atoms with Gasteiger partial charge in [0.1, 0.15) is 0 Å². The minimum absolute atomic E-state index is 0.0835. The third-order valence-electron chi connectivity index (χ3n) is 4.71. The standard InChI is InChI=1S/C19H31NO/c1-17-10-12-19(13-11-17,21-15-7-14-20(2)3)16-18-8-5-4-6-9-18/h4-6,8-9,17H,7,10-16H2,1-3H3. The van der Waals surface area contributed by atoms with Crippen molar-refractivity contribution in [2.75, 3.05) is 27.2 Å². The van der Waals surface area contributed by atoms with E-state index in [2.05, 4.69) is 56.3 Å². The average Bonchev–Trinajstić information content (AvgIpc) is 2.48. The molecule has 0 saturated heterocycles. The molecule has 2 nitrogen and oxygen atoms in total. The lowest BCUT2D eigenvalue weighted by Crippen LogP contribution is -2.39. The van der Waals surface area contributed by atoms with Gasteiger partial charge in [0, 0.05) is 13.0 Å². The van der Waals surface area contributed by atoms with E-state index >= 15 is 0 Å². The van der Waals surface area contributed by atoms with Crippen LogP contribution in [0.4, 0.5) is 0 Å². The molecule has 2 heteroatoms. The summed E-state index contributed by atoms with van der Waals surface area (Å²) < 4.78 is 6.45. The topological polar surface area (TPSA) is 12.5 Å². The molecule has 0 aromatic heterocycles. The molecule has 1 aromatic rings. The third-order valence-corrected chi connectivity index (χ3v) is 4.71. The van der Waals surface area contributed by atoms with E-state index in [-0.39, 0.29) is 5.60 Å². The second-order valence-electron chi connectivity index (χ2n) is 7.03. The summed E-state index contributed by atoms with van der Waals surface area (Å²) in [5, 5.41) is 0. The Hall–Kier alpha value is -0.860. The summed E-state index contributed by atoms with van der Waals surface area (Å²) in [7, 11) is 4.25. The zero-order chi connectivity index (χ0) is 15.1. The van der Waals surface area contributed by atoms with Crippen LogP contribution in [0.25, 0.3) is 0 Å². The minimum Gasteiger partial charge on any atom is -0.375 e. The second kappa shape index (κ2) is 7.95. The first-order valence-corrected chi connectivity index (χ1v) is 8.42. The number of ether oxygens (including phenoxy) is 1. The predicted octanol–water partition coefficient (Wildman–Crippen LogP) is 4.15. The van der Waals surface area contributed by atoms with E-state index in [0.717, 1.165) is 31.9 Å². The van der Waals surface area contributed by atoms with Crippen molar-refractivity contribution >= 4 is 0 Å². The number of rotatable bonds is 7. The van der Waals surface area contributed by atoms with E-state index in [0.29, 0.717) is 0 Å². The molecule has 1 aliphatic carbocycles. The highest BCUT2D eigenvalue weighted by Crippen LogP contribution is 2.37. The lowest BCUT2D eigenvalue weighted by atomic mass is 9.76. The van der Waals surface area contributed by atoms with Crippen molar-refractivity contribution in [2.45, 2.75) is 51.0 Å². The molecular weight excluding hydrogens is 258 g/mol. The summed E-state index contributed by atoms with van der Waals surface area (Å²) in [5.74, 6) is 0.860. The van der Waals surface area contributed by atoms with E-state index < -0.39 is 0 Å². The number of hydrogen-bond acceptors (Lipinski definition) is 2. The number of hydrogen-bond donors (Lipinski definition) is 0. The summed E-state index contributed by atoms with van der Waals surface area (Å²) in [6.45, 7) is 4.37. The van der Waals surface area contributed by atoms with Crippen LogP contribution >= 0.6 is 0 Å². The van der Waals surface area contributed by atoms with Gasteiger partial charge in [-0.15, -0.1) is 0 Å². The summed E-state index contributed by atoms with van der Waals surface area (Å²) in [6.07, 6.45) is 7.23. The van der Waals surface area contributed by atoms with E-state index in [4.69, 9.17) is 4.74 Å². The van der Waals surface area contributed by atoms with Crippen molar-refractivity contribution in [2.24, 2.45) is 5.92 Å². The van der Waals surface area contributed by atoms with Crippen LogP contribution in [-0.4, -0.2) is 37.7 Å². The Morgan fingerprint density at radius 2 is 1.81 bits per heavy atom. The Bertz CT molecular complexity index is 393. The fourth-order valence-corrected chi connectivity index (χ4v) is 3.30. The summed E-state index contributed by atoms with van der Waals surface area (Å²) in [5.41, 5.74) is 1.50. The molecular formula is C19H31NO. The molecule has 0 atom stereocenters. The smallest absolute Gasteiger partial charge is 0.0722 e. The van der Waals surface area contributed by atoms with Crippen LogP contribution in [0.15, 0.2) is 30.3 Å². The Balaban J connectivity index is 1.94. The van der Waals surface area contributed by atoms with Gasteiger partial charge in [0.05, 0.1) is 5.60 Å². The first-order chi connectivity index (χ1) is 10.1. The van der Waals surface area contributed by atoms with Crippen LogP contribution in [0.3, 0.4) is 0 Å². The molecule has 0 unspecified atom stereocenters. The van der Waals surface area contributed by atoms with Gasteiger partial charge in [-0.1, -0.05) is 37.3 Å². The van der Waals surface area contributed by atoms with Crippen LogP contribution in [0.5, 0.6) is 0 Å². The maximum Gasteiger partial charge on any atom is 0.0722 e. The molecule has 1 aromatic carbocycles. The number of nitrogens with zero attached hydrogens (tertiary/aromatic N) is 1. The van der Waals surface area contributed by atoms with Gasteiger partial charge in [0.15, 0.2) is 0 Å². The average molecular weight is 289 g/mol. The van der Waals surface area contributed by atoms with Gasteiger partial charge in [-0.05, 0) is 64.2 Å². The van der Waals surface area contributed by atoms with Gasteiger partial charge < -0.3 is 9.64 Å². The van der Waals surface area contributed by atoms with Gasteiger partial charge >= 0.3 is 0 Å². The zero-order valence-corrected chi connectivity index (χ0v) is 14.0. The highest BCUT2D eigenvalue weighted by atomic mass is 16.5. The summed E-state index contributed by atoms with van der Waals surface area (Å²) >= 11 is 0. The quantitative estimate of drug-likeness (QED) is 0.699. The Labute approximate surface area is 130 Å². The highest BCUT2D eigenvalue weighted by molar-refractivity contribution is 5.17. The molecule has 1 fully saturated rings. The minimum atomic E-state index is 0.0835. The second-order valence-corrected chi connectivity index (χ2v) is 7.03. The molecule has 0 spiro atoms. The fraction of sp³-hybridized carbons (Fsp3) is 0.684.